The van der Waals surface area contributed by atoms with Crippen molar-refractivity contribution < 1.29 is 10.2 Å². The number of hydrogen-bond donors (Lipinski definition) is 3. The van der Waals surface area contributed by atoms with Crippen LogP contribution in [0.2, 0.25) is 0 Å². The van der Waals surface area contributed by atoms with Crippen LogP contribution in [0.25, 0.3) is 0 Å². The lowest BCUT2D eigenvalue weighted by Gasteiger charge is -2.15. The number of aliphatic hydroxyl groups excluding tert-OH is 2. The Morgan fingerprint density at radius 1 is 1.10 bits per heavy atom. The maximum Gasteiger partial charge on any atom is 0.0955 e. The van der Waals surface area contributed by atoms with Crippen LogP contribution in [-0.4, -0.2) is 28.5 Å². The molecule has 4 heteroatoms. The molecule has 0 saturated heterocycles. The van der Waals surface area contributed by atoms with Gasteiger partial charge in [0.25, 0.3) is 0 Å². The van der Waals surface area contributed by atoms with Crippen molar-refractivity contribution in [2.24, 2.45) is 17.6 Å². The largest absolute Gasteiger partial charge is 0.390 e. The highest BCUT2D eigenvalue weighted by Crippen LogP contribution is 2.50. The van der Waals surface area contributed by atoms with Crippen LogP contribution in [0.4, 0.5) is 0 Å². The number of nitrogens with two attached hydrogens (primary N) is 1. The quantitative estimate of drug-likeness (QED) is 0.436. The van der Waals surface area contributed by atoms with Crippen LogP contribution < -0.4 is 5.73 Å². The van der Waals surface area contributed by atoms with E-state index in [-0.39, 0.29) is 18.4 Å². The van der Waals surface area contributed by atoms with Crippen LogP contribution in [-0.2, 0) is 0 Å². The molecule has 0 spiro atoms. The second-order valence-electron chi connectivity index (χ2n) is 3.12. The Kier molecular flexibility index (Phi) is 1.94. The van der Waals surface area contributed by atoms with E-state index in [1.165, 1.54) is 0 Å². The molecule has 2 aliphatic carbocycles. The van der Waals surface area contributed by atoms with E-state index in [1.807, 2.05) is 0 Å². The van der Waals surface area contributed by atoms with Gasteiger partial charge in [0.05, 0.1) is 12.2 Å². The Morgan fingerprint density at radius 3 is 1.90 bits per heavy atom. The van der Waals surface area contributed by atoms with Crippen LogP contribution in [0, 0.1) is 11.8 Å². The molecule has 4 N–H and O–H groups in total. The van der Waals surface area contributed by atoms with Crippen LogP contribution in [0.15, 0.2) is 0 Å². The molecule has 0 bridgehead atoms. The first-order valence-corrected chi connectivity index (χ1v) is 3.33. The lowest BCUT2D eigenvalue weighted by atomic mass is 10.1. The summed E-state index contributed by atoms with van der Waals surface area (Å²) in [4.78, 5) is 0. The fourth-order valence-corrected chi connectivity index (χ4v) is 1.81. The van der Waals surface area contributed by atoms with E-state index in [9.17, 15) is 0 Å². The van der Waals surface area contributed by atoms with Crippen molar-refractivity contribution >= 4 is 12.4 Å². The van der Waals surface area contributed by atoms with Crippen molar-refractivity contribution in [1.82, 2.24) is 0 Å². The minimum absolute atomic E-state index is 0. The Labute approximate surface area is 65.6 Å². The normalized spacial score (nSPS) is 57.3. The molecule has 0 aromatic heterocycles. The van der Waals surface area contributed by atoms with Gasteiger partial charge in [-0.05, 0) is 18.3 Å². The standard InChI is InChI=1S/C6H11NO2.ClH/c7-4-2-1-3(2)5(8)6(4)9;/h2-6,8-9H,1,7H2;1H/t2-,3+,4+,5+,6-;/m0./s1. The molecule has 0 heterocycles. The monoisotopic (exact) mass is 165 g/mol. The third-order valence-electron chi connectivity index (χ3n) is 2.57. The summed E-state index contributed by atoms with van der Waals surface area (Å²) in [5.41, 5.74) is 5.54. The SMILES string of the molecule is Cl.N[C@H]1[C@H](O)[C@H](O)[C@@H]2C[C@H]12. The summed E-state index contributed by atoms with van der Waals surface area (Å²) in [6, 6.07) is -0.162. The zero-order valence-electron chi connectivity index (χ0n) is 5.47. The van der Waals surface area contributed by atoms with Crippen LogP contribution in [0.5, 0.6) is 0 Å². The summed E-state index contributed by atoms with van der Waals surface area (Å²) in [7, 11) is 0. The molecular weight excluding hydrogens is 154 g/mol. The van der Waals surface area contributed by atoms with Gasteiger partial charge < -0.3 is 15.9 Å². The van der Waals surface area contributed by atoms with E-state index >= 15 is 0 Å². The van der Waals surface area contributed by atoms with E-state index in [0.717, 1.165) is 6.42 Å². The molecule has 10 heavy (non-hydrogen) atoms. The van der Waals surface area contributed by atoms with E-state index < -0.39 is 12.2 Å². The van der Waals surface area contributed by atoms with Gasteiger partial charge in [-0.15, -0.1) is 12.4 Å². The molecular formula is C6H12ClNO2. The van der Waals surface area contributed by atoms with Crippen molar-refractivity contribution in [3.63, 3.8) is 0 Å². The van der Waals surface area contributed by atoms with Gasteiger partial charge in [-0.25, -0.2) is 0 Å². The smallest absolute Gasteiger partial charge is 0.0955 e. The zero-order valence-corrected chi connectivity index (χ0v) is 6.29. The van der Waals surface area contributed by atoms with Crippen molar-refractivity contribution in [3.8, 4) is 0 Å². The Balaban J connectivity index is 0.000000500. The summed E-state index contributed by atoms with van der Waals surface area (Å²) < 4.78 is 0. The summed E-state index contributed by atoms with van der Waals surface area (Å²) in [5, 5.41) is 18.2. The maximum atomic E-state index is 9.15. The molecule has 5 atom stereocenters. The second-order valence-corrected chi connectivity index (χ2v) is 3.12. The fourth-order valence-electron chi connectivity index (χ4n) is 1.81. The van der Waals surface area contributed by atoms with Gasteiger partial charge in [0.15, 0.2) is 0 Å². The molecule has 0 radical (unpaired) electrons. The summed E-state index contributed by atoms with van der Waals surface area (Å²) >= 11 is 0. The summed E-state index contributed by atoms with van der Waals surface area (Å²) in [6.07, 6.45) is -0.182. The van der Waals surface area contributed by atoms with E-state index in [1.54, 1.807) is 0 Å². The molecule has 2 rings (SSSR count). The first-order valence-electron chi connectivity index (χ1n) is 3.33. The third kappa shape index (κ3) is 0.855. The van der Waals surface area contributed by atoms with Gasteiger partial charge in [-0.2, -0.15) is 0 Å². The number of halogens is 1. The molecule has 0 aromatic carbocycles. The van der Waals surface area contributed by atoms with Gasteiger partial charge in [-0.3, -0.25) is 0 Å². The Hall–Kier alpha value is 0.170. The molecule has 60 valence electrons. The van der Waals surface area contributed by atoms with Crippen molar-refractivity contribution in [2.45, 2.75) is 24.7 Å². The topological polar surface area (TPSA) is 66.5 Å². The molecule has 0 aliphatic heterocycles. The second kappa shape index (κ2) is 2.34. The minimum atomic E-state index is -0.659. The molecule has 2 aliphatic rings. The molecule has 0 unspecified atom stereocenters. The van der Waals surface area contributed by atoms with Gasteiger partial charge in [0, 0.05) is 6.04 Å². The molecule has 0 aromatic rings. The first-order chi connectivity index (χ1) is 4.22. The number of hydrogen-bond acceptors (Lipinski definition) is 3. The third-order valence-corrected chi connectivity index (χ3v) is 2.57. The van der Waals surface area contributed by atoms with Crippen molar-refractivity contribution in [1.29, 1.82) is 0 Å². The minimum Gasteiger partial charge on any atom is -0.390 e. The lowest BCUT2D eigenvalue weighted by Crippen LogP contribution is -2.39. The van der Waals surface area contributed by atoms with Gasteiger partial charge >= 0.3 is 0 Å². The molecule has 2 saturated carbocycles. The number of fused-ring (bicyclic) bond motifs is 1. The van der Waals surface area contributed by atoms with E-state index in [0.29, 0.717) is 11.8 Å². The zero-order chi connectivity index (χ0) is 6.59. The van der Waals surface area contributed by atoms with Crippen LogP contribution >= 0.6 is 12.4 Å². The molecule has 2 fully saturated rings. The Morgan fingerprint density at radius 2 is 1.70 bits per heavy atom. The maximum absolute atomic E-state index is 9.15. The molecule has 3 nitrogen and oxygen atoms in total. The number of aliphatic hydroxyl groups is 2. The average molecular weight is 166 g/mol. The number of rotatable bonds is 0. The highest BCUT2D eigenvalue weighted by atomic mass is 35.5. The fraction of sp³-hybridized carbons (Fsp3) is 1.00. The summed E-state index contributed by atoms with van der Waals surface area (Å²) in [5.74, 6) is 0.727. The van der Waals surface area contributed by atoms with Crippen molar-refractivity contribution in [2.75, 3.05) is 0 Å². The van der Waals surface area contributed by atoms with Gasteiger partial charge in [-0.1, -0.05) is 0 Å². The summed E-state index contributed by atoms with van der Waals surface area (Å²) in [6.45, 7) is 0. The lowest BCUT2D eigenvalue weighted by molar-refractivity contribution is 0.0171. The van der Waals surface area contributed by atoms with E-state index in [4.69, 9.17) is 15.9 Å². The average Bonchev–Trinajstić information content (AvgIpc) is 2.56. The highest BCUT2D eigenvalue weighted by molar-refractivity contribution is 5.85. The molecule has 0 amide bonds. The Bertz CT molecular complexity index is 126. The van der Waals surface area contributed by atoms with Crippen LogP contribution in [0.3, 0.4) is 0 Å². The van der Waals surface area contributed by atoms with E-state index in [2.05, 4.69) is 0 Å². The van der Waals surface area contributed by atoms with Gasteiger partial charge in [0.1, 0.15) is 0 Å². The first kappa shape index (κ1) is 8.27. The highest BCUT2D eigenvalue weighted by Gasteiger charge is 2.57. The van der Waals surface area contributed by atoms with Gasteiger partial charge in [0.2, 0.25) is 0 Å². The predicted molar refractivity (Wildman–Crippen MR) is 38.8 cm³/mol. The van der Waals surface area contributed by atoms with Crippen molar-refractivity contribution in [3.05, 3.63) is 0 Å². The van der Waals surface area contributed by atoms with Crippen LogP contribution in [0.1, 0.15) is 6.42 Å². The predicted octanol–water partition coefficient (Wildman–Crippen LogP) is -0.893.